The zero-order chi connectivity index (χ0) is 19.4. The molecule has 0 aromatic heterocycles. The van der Waals surface area contributed by atoms with E-state index in [-0.39, 0.29) is 0 Å². The zero-order valence-electron chi connectivity index (χ0n) is 16.5. The number of amides is 1. The molecule has 5 nitrogen and oxygen atoms in total. The van der Waals surface area contributed by atoms with Crippen molar-refractivity contribution in [2.24, 2.45) is 0 Å². The molecule has 0 unspecified atom stereocenters. The lowest BCUT2D eigenvalue weighted by Gasteiger charge is -2.25. The number of ether oxygens (including phenoxy) is 1. The second kappa shape index (κ2) is 7.65. The number of carboxylic acid groups (broad SMARTS) is 1. The maximum Gasteiger partial charge on any atom is 0.395 e. The first-order valence-corrected chi connectivity index (χ1v) is 6.25. The highest BCUT2D eigenvalue weighted by Gasteiger charge is 2.26. The van der Waals surface area contributed by atoms with Crippen LogP contribution in [0.25, 0.3) is 0 Å². The van der Waals surface area contributed by atoms with E-state index in [4.69, 9.17) is 16.7 Å². The average molecular weight is 284 g/mol. The predicted octanol–water partition coefficient (Wildman–Crippen LogP) is 2.22. The Kier molecular flexibility index (Phi) is 3.80. The fourth-order valence-electron chi connectivity index (χ4n) is 2.00. The number of aryl methyl sites for hydroxylation is 2. The van der Waals surface area contributed by atoms with Crippen LogP contribution in [0.1, 0.15) is 38.7 Å². The van der Waals surface area contributed by atoms with Crippen LogP contribution in [0.4, 0.5) is 5.69 Å². The van der Waals surface area contributed by atoms with Gasteiger partial charge in [-0.25, -0.2) is 4.79 Å². The van der Waals surface area contributed by atoms with Gasteiger partial charge in [0.1, 0.15) is 6.73 Å². The number of benzene rings is 1. The molecule has 1 rings (SSSR count). The summed E-state index contributed by atoms with van der Waals surface area (Å²) in [6, 6.07) is 5.21. The van der Waals surface area contributed by atoms with Gasteiger partial charge in [0, 0.05) is 10.7 Å². The summed E-state index contributed by atoms with van der Waals surface area (Å²) < 4.78 is 41.2. The first-order chi connectivity index (χ1) is 11.5. The predicted molar refractivity (Wildman–Crippen MR) is 76.8 cm³/mol. The van der Waals surface area contributed by atoms with E-state index in [0.717, 1.165) is 4.90 Å². The minimum Gasteiger partial charge on any atom is -0.474 e. The van der Waals surface area contributed by atoms with E-state index in [1.807, 2.05) is 13.8 Å². The maximum atomic E-state index is 12.1. The van der Waals surface area contributed by atoms with Crippen molar-refractivity contribution < 1.29 is 26.3 Å². The molecule has 0 atom stereocenters. The van der Waals surface area contributed by atoms with Gasteiger partial charge in [-0.15, -0.1) is 0 Å². The molecule has 0 aliphatic carbocycles. The van der Waals surface area contributed by atoms with Crippen LogP contribution in [0.15, 0.2) is 18.2 Å². The van der Waals surface area contributed by atoms with E-state index < -0.39 is 32.0 Å². The number of rotatable bonds is 6. The number of carbonyl (C=O) groups is 2. The molecule has 0 saturated heterocycles. The van der Waals surface area contributed by atoms with Crippen molar-refractivity contribution in [2.75, 3.05) is 18.2 Å². The number of aliphatic carboxylic acids is 1. The molecule has 0 saturated carbocycles. The van der Waals surface area contributed by atoms with Gasteiger partial charge in [0.2, 0.25) is 0 Å². The summed E-state index contributed by atoms with van der Waals surface area (Å²) in [5, 5.41) is 9.08. The van der Waals surface area contributed by atoms with Crippen LogP contribution in [0, 0.1) is 0 Å². The Labute approximate surface area is 126 Å². The van der Waals surface area contributed by atoms with Gasteiger partial charge < -0.3 is 9.84 Å². The molecule has 1 aromatic carbocycles. The number of nitrogens with zero attached hydrogens (tertiary/aromatic N) is 1. The summed E-state index contributed by atoms with van der Waals surface area (Å²) >= 11 is 0. The fraction of sp³-hybridized carbons (Fsp3) is 0.467. The minimum absolute atomic E-state index is 0.307. The lowest BCUT2D eigenvalue weighted by molar-refractivity contribution is -0.149. The van der Waals surface area contributed by atoms with Crippen molar-refractivity contribution in [2.45, 2.75) is 33.5 Å². The molecule has 0 heterocycles. The molecule has 0 bridgehead atoms. The van der Waals surface area contributed by atoms with Crippen molar-refractivity contribution in [1.82, 2.24) is 0 Å². The fourth-order valence-corrected chi connectivity index (χ4v) is 2.00. The SMILES string of the molecule is [2H]C([2H])([2H])C([2H])([2H])OCN(C(=O)C(=O)O)c1c(CC)cccc1CC. The molecule has 0 aliphatic rings. The van der Waals surface area contributed by atoms with Crippen LogP contribution >= 0.6 is 0 Å². The Balaban J connectivity index is 3.33. The molecule has 0 radical (unpaired) electrons. The summed E-state index contributed by atoms with van der Waals surface area (Å²) in [7, 11) is 0. The van der Waals surface area contributed by atoms with Crippen molar-refractivity contribution in [3.05, 3.63) is 29.3 Å². The molecule has 1 aromatic rings. The molecule has 1 N–H and O–H groups in total. The normalized spacial score (nSPS) is 15.4. The van der Waals surface area contributed by atoms with Gasteiger partial charge in [0.15, 0.2) is 0 Å². The molecular weight excluding hydrogens is 258 g/mol. The van der Waals surface area contributed by atoms with Gasteiger partial charge in [-0.2, -0.15) is 0 Å². The van der Waals surface area contributed by atoms with Crippen molar-refractivity contribution in [1.29, 1.82) is 0 Å². The monoisotopic (exact) mass is 284 g/mol. The Morgan fingerprint density at radius 2 is 1.95 bits per heavy atom. The van der Waals surface area contributed by atoms with Crippen LogP contribution in [-0.2, 0) is 27.2 Å². The Bertz CT molecular complexity index is 623. The van der Waals surface area contributed by atoms with Crippen LogP contribution in [0.2, 0.25) is 0 Å². The van der Waals surface area contributed by atoms with Crippen LogP contribution in [0.3, 0.4) is 0 Å². The molecule has 0 spiro atoms. The van der Waals surface area contributed by atoms with Gasteiger partial charge in [-0.05, 0) is 30.8 Å². The summed E-state index contributed by atoms with van der Waals surface area (Å²) in [6.07, 6.45) is 0.997. The lowest BCUT2D eigenvalue weighted by Crippen LogP contribution is -2.39. The molecular formula is C15H21NO4. The first kappa shape index (κ1) is 9.94. The summed E-state index contributed by atoms with van der Waals surface area (Å²) in [4.78, 5) is 24.1. The third-order valence-electron chi connectivity index (χ3n) is 2.93. The Morgan fingerprint density at radius 3 is 2.40 bits per heavy atom. The number of carbonyl (C=O) groups excluding carboxylic acids is 1. The van der Waals surface area contributed by atoms with Gasteiger partial charge in [-0.1, -0.05) is 32.0 Å². The summed E-state index contributed by atoms with van der Waals surface area (Å²) in [5.41, 5.74) is 1.65. The average Bonchev–Trinajstić information content (AvgIpc) is 2.53. The van der Waals surface area contributed by atoms with Crippen molar-refractivity contribution in [3.63, 3.8) is 0 Å². The standard InChI is InChI=1S/C15H21NO4/c1-4-11-8-7-9-12(5-2)13(11)16(10-20-6-3)14(17)15(18)19/h7-9H,4-6,10H2,1-3H3,(H,18,19)/i3D3,6D2. The van der Waals surface area contributed by atoms with Crippen molar-refractivity contribution >= 4 is 17.6 Å². The number of anilines is 1. The van der Waals surface area contributed by atoms with E-state index >= 15 is 0 Å². The van der Waals surface area contributed by atoms with E-state index in [0.29, 0.717) is 29.7 Å². The molecule has 0 fully saturated rings. The van der Waals surface area contributed by atoms with Crippen LogP contribution in [-0.4, -0.2) is 30.3 Å². The molecule has 20 heavy (non-hydrogen) atoms. The van der Waals surface area contributed by atoms with E-state index in [1.54, 1.807) is 18.2 Å². The second-order valence-electron chi connectivity index (χ2n) is 4.05. The summed E-state index contributed by atoms with van der Waals surface area (Å²) in [5.74, 6) is -3.07. The van der Waals surface area contributed by atoms with Crippen LogP contribution < -0.4 is 4.90 Å². The number of hydrogen-bond acceptors (Lipinski definition) is 3. The minimum atomic E-state index is -3.08. The molecule has 110 valence electrons. The number of hydrogen-bond donors (Lipinski definition) is 1. The van der Waals surface area contributed by atoms with E-state index in [1.165, 1.54) is 0 Å². The second-order valence-corrected chi connectivity index (χ2v) is 4.05. The number of carboxylic acids is 1. The van der Waals surface area contributed by atoms with Crippen LogP contribution in [0.5, 0.6) is 0 Å². The molecule has 0 aliphatic heterocycles. The third kappa shape index (κ3) is 3.57. The highest BCUT2D eigenvalue weighted by molar-refractivity contribution is 6.37. The lowest BCUT2D eigenvalue weighted by atomic mass is 10.0. The Morgan fingerprint density at radius 1 is 1.35 bits per heavy atom. The maximum absolute atomic E-state index is 12.1. The quantitative estimate of drug-likeness (QED) is 0.642. The molecule has 5 heteroatoms. The topological polar surface area (TPSA) is 66.8 Å². The van der Waals surface area contributed by atoms with E-state index in [2.05, 4.69) is 0 Å². The highest BCUT2D eigenvalue weighted by Crippen LogP contribution is 2.27. The number of para-hydroxylation sites is 1. The first-order valence-electron chi connectivity index (χ1n) is 8.75. The van der Waals surface area contributed by atoms with Gasteiger partial charge in [0.25, 0.3) is 0 Å². The third-order valence-corrected chi connectivity index (χ3v) is 2.93. The molecule has 1 amide bonds. The largest absolute Gasteiger partial charge is 0.474 e. The highest BCUT2D eigenvalue weighted by atomic mass is 16.5. The van der Waals surface area contributed by atoms with Gasteiger partial charge in [0.05, 0.1) is 8.43 Å². The zero-order valence-corrected chi connectivity index (χ0v) is 11.5. The van der Waals surface area contributed by atoms with Crippen molar-refractivity contribution in [3.8, 4) is 0 Å². The van der Waals surface area contributed by atoms with E-state index in [9.17, 15) is 9.59 Å². The summed E-state index contributed by atoms with van der Waals surface area (Å²) in [6.45, 7) is -3.30. The van der Waals surface area contributed by atoms with Gasteiger partial charge in [-0.3, -0.25) is 9.69 Å². The Hall–Kier alpha value is -1.88. The van der Waals surface area contributed by atoms with Gasteiger partial charge >= 0.3 is 11.9 Å². The smallest absolute Gasteiger partial charge is 0.395 e.